The number of rotatable bonds is 7. The van der Waals surface area contributed by atoms with Crippen LogP contribution in [0.4, 0.5) is 14.6 Å². The third-order valence-electron chi connectivity index (χ3n) is 5.81. The van der Waals surface area contributed by atoms with E-state index in [2.05, 4.69) is 15.3 Å². The number of hydrogen-bond donors (Lipinski definition) is 2. The molecule has 0 bridgehead atoms. The number of hydrogen-bond acceptors (Lipinski definition) is 4. The fourth-order valence-electron chi connectivity index (χ4n) is 4.13. The van der Waals surface area contributed by atoms with Crippen molar-refractivity contribution >= 4 is 22.7 Å². The summed E-state index contributed by atoms with van der Waals surface area (Å²) >= 11 is 0. The fourth-order valence-corrected chi connectivity index (χ4v) is 4.13. The van der Waals surface area contributed by atoms with E-state index in [1.807, 2.05) is 24.5 Å². The van der Waals surface area contributed by atoms with E-state index in [0.717, 1.165) is 16.6 Å². The topological polar surface area (TPSA) is 80.0 Å². The second kappa shape index (κ2) is 8.97. The maximum Gasteiger partial charge on any atom is 0.338 e. The van der Waals surface area contributed by atoms with Crippen LogP contribution in [0.2, 0.25) is 0 Å². The first kappa shape index (κ1) is 22.4. The SMILES string of the molecule is CCc1cc(-c2cc(NCCn3c(C)cc4c(C)ccc(F)c43)ncn2)cc(F)c1C(=O)O. The number of halogens is 2. The van der Waals surface area contributed by atoms with Crippen molar-refractivity contribution in [3.8, 4) is 11.3 Å². The molecule has 33 heavy (non-hydrogen) atoms. The molecule has 0 aliphatic heterocycles. The molecule has 6 nitrogen and oxygen atoms in total. The van der Waals surface area contributed by atoms with Crippen LogP contribution in [-0.4, -0.2) is 32.2 Å². The van der Waals surface area contributed by atoms with Gasteiger partial charge in [0, 0.05) is 35.8 Å². The molecule has 2 aromatic heterocycles. The Balaban J connectivity index is 1.55. The number of nitrogens with one attached hydrogen (secondary N) is 1. The zero-order valence-corrected chi connectivity index (χ0v) is 18.6. The van der Waals surface area contributed by atoms with E-state index < -0.39 is 11.8 Å². The fraction of sp³-hybridized carbons (Fsp3) is 0.240. The Morgan fingerprint density at radius 2 is 1.88 bits per heavy atom. The molecule has 0 unspecified atom stereocenters. The van der Waals surface area contributed by atoms with Crippen molar-refractivity contribution in [2.75, 3.05) is 11.9 Å². The van der Waals surface area contributed by atoms with Crippen LogP contribution in [0, 0.1) is 25.5 Å². The molecule has 2 aromatic carbocycles. The van der Waals surface area contributed by atoms with Gasteiger partial charge in [0.2, 0.25) is 0 Å². The predicted molar refractivity (Wildman–Crippen MR) is 124 cm³/mol. The molecule has 0 radical (unpaired) electrons. The lowest BCUT2D eigenvalue weighted by atomic mass is 9.99. The maximum atomic E-state index is 14.5. The van der Waals surface area contributed by atoms with Crippen LogP contribution in [0.25, 0.3) is 22.2 Å². The van der Waals surface area contributed by atoms with Crippen molar-refractivity contribution in [3.63, 3.8) is 0 Å². The number of nitrogens with zero attached hydrogens (tertiary/aromatic N) is 3. The molecule has 0 aliphatic carbocycles. The van der Waals surface area contributed by atoms with Gasteiger partial charge in [-0.15, -0.1) is 0 Å². The van der Waals surface area contributed by atoms with Crippen molar-refractivity contribution in [3.05, 3.63) is 76.7 Å². The number of aryl methyl sites for hydroxylation is 3. The minimum atomic E-state index is -1.29. The molecule has 0 saturated heterocycles. The Kier molecular flexibility index (Phi) is 6.09. The standard InChI is InChI=1S/C25H24F2N4O2/c1-4-16-10-17(11-20(27)23(16)25(32)33)21-12-22(30-13-29-21)28-7-8-31-15(3)9-18-14(2)5-6-19(26)24(18)31/h5-6,9-13H,4,7-8H2,1-3H3,(H,32,33)(H,28,29,30). The van der Waals surface area contributed by atoms with Crippen LogP contribution in [0.15, 0.2) is 42.7 Å². The highest BCUT2D eigenvalue weighted by atomic mass is 19.1. The third kappa shape index (κ3) is 4.28. The summed E-state index contributed by atoms with van der Waals surface area (Å²) in [5.74, 6) is -1.81. The molecule has 4 aromatic rings. The first-order valence-corrected chi connectivity index (χ1v) is 10.7. The minimum absolute atomic E-state index is 0.258. The summed E-state index contributed by atoms with van der Waals surface area (Å²) in [5.41, 5.74) is 3.60. The number of anilines is 1. The second-order valence-electron chi connectivity index (χ2n) is 7.93. The Bertz CT molecular complexity index is 1360. The van der Waals surface area contributed by atoms with E-state index in [9.17, 15) is 18.7 Å². The lowest BCUT2D eigenvalue weighted by Crippen LogP contribution is -2.13. The van der Waals surface area contributed by atoms with Gasteiger partial charge >= 0.3 is 5.97 Å². The second-order valence-corrected chi connectivity index (χ2v) is 7.93. The summed E-state index contributed by atoms with van der Waals surface area (Å²) in [5, 5.41) is 13.4. The van der Waals surface area contributed by atoms with Gasteiger partial charge in [-0.05, 0) is 55.7 Å². The highest BCUT2D eigenvalue weighted by Gasteiger charge is 2.18. The Morgan fingerprint density at radius 3 is 2.61 bits per heavy atom. The summed E-state index contributed by atoms with van der Waals surface area (Å²) < 4.78 is 30.9. The molecule has 0 aliphatic rings. The summed E-state index contributed by atoms with van der Waals surface area (Å²) in [4.78, 5) is 19.8. The smallest absolute Gasteiger partial charge is 0.338 e. The molecular weight excluding hydrogens is 426 g/mol. The van der Waals surface area contributed by atoms with E-state index >= 15 is 0 Å². The molecule has 4 rings (SSSR count). The molecule has 0 fully saturated rings. The van der Waals surface area contributed by atoms with Crippen molar-refractivity contribution in [1.29, 1.82) is 0 Å². The maximum absolute atomic E-state index is 14.5. The highest BCUT2D eigenvalue weighted by molar-refractivity contribution is 5.90. The van der Waals surface area contributed by atoms with E-state index in [0.29, 0.717) is 47.7 Å². The summed E-state index contributed by atoms with van der Waals surface area (Å²) in [6, 6.07) is 9.74. The number of aromatic carboxylic acids is 1. The molecule has 2 heterocycles. The minimum Gasteiger partial charge on any atom is -0.478 e. The first-order chi connectivity index (χ1) is 15.8. The number of carboxylic acid groups (broad SMARTS) is 1. The quantitative estimate of drug-likeness (QED) is 0.396. The average Bonchev–Trinajstić information content (AvgIpc) is 3.13. The molecule has 170 valence electrons. The van der Waals surface area contributed by atoms with Gasteiger partial charge in [0.15, 0.2) is 0 Å². The van der Waals surface area contributed by atoms with Crippen molar-refractivity contribution in [2.24, 2.45) is 0 Å². The largest absolute Gasteiger partial charge is 0.478 e. The summed E-state index contributed by atoms with van der Waals surface area (Å²) in [7, 11) is 0. The molecule has 2 N–H and O–H groups in total. The van der Waals surface area contributed by atoms with Crippen LogP contribution < -0.4 is 5.32 Å². The molecule has 0 spiro atoms. The van der Waals surface area contributed by atoms with Crippen LogP contribution >= 0.6 is 0 Å². The molecule has 0 atom stereocenters. The Hall–Kier alpha value is -3.81. The van der Waals surface area contributed by atoms with Crippen molar-refractivity contribution in [2.45, 2.75) is 33.7 Å². The zero-order valence-electron chi connectivity index (χ0n) is 18.6. The number of fused-ring (bicyclic) bond motifs is 1. The van der Waals surface area contributed by atoms with Gasteiger partial charge in [0.25, 0.3) is 0 Å². The van der Waals surface area contributed by atoms with Gasteiger partial charge in [-0.3, -0.25) is 0 Å². The Labute approximate surface area is 189 Å². The number of carbonyl (C=O) groups is 1. The van der Waals surface area contributed by atoms with Crippen molar-refractivity contribution in [1.82, 2.24) is 14.5 Å². The van der Waals surface area contributed by atoms with E-state index in [-0.39, 0.29) is 11.4 Å². The number of aromatic nitrogens is 3. The average molecular weight is 450 g/mol. The molecular formula is C25H24F2N4O2. The number of benzene rings is 2. The monoisotopic (exact) mass is 450 g/mol. The predicted octanol–water partition coefficient (Wildman–Crippen LogP) is 5.37. The zero-order chi connectivity index (χ0) is 23.7. The van der Waals surface area contributed by atoms with E-state index in [1.54, 1.807) is 25.1 Å². The Morgan fingerprint density at radius 1 is 1.09 bits per heavy atom. The van der Waals surface area contributed by atoms with Crippen LogP contribution in [0.1, 0.15) is 34.1 Å². The number of carboxylic acids is 1. The van der Waals surface area contributed by atoms with Gasteiger partial charge in [0.05, 0.1) is 16.8 Å². The normalized spacial score (nSPS) is 11.2. The lowest BCUT2D eigenvalue weighted by Gasteiger charge is -2.12. The summed E-state index contributed by atoms with van der Waals surface area (Å²) in [6.07, 6.45) is 1.74. The molecule has 0 saturated carbocycles. The van der Waals surface area contributed by atoms with Crippen LogP contribution in [-0.2, 0) is 13.0 Å². The van der Waals surface area contributed by atoms with Gasteiger partial charge in [-0.25, -0.2) is 23.5 Å². The third-order valence-corrected chi connectivity index (χ3v) is 5.81. The van der Waals surface area contributed by atoms with E-state index in [1.165, 1.54) is 18.5 Å². The summed E-state index contributed by atoms with van der Waals surface area (Å²) in [6.45, 7) is 6.69. The first-order valence-electron chi connectivity index (χ1n) is 10.7. The van der Waals surface area contributed by atoms with Gasteiger partial charge in [0.1, 0.15) is 23.8 Å². The van der Waals surface area contributed by atoms with Crippen molar-refractivity contribution < 1.29 is 18.7 Å². The van der Waals surface area contributed by atoms with Gasteiger partial charge in [-0.2, -0.15) is 0 Å². The van der Waals surface area contributed by atoms with Crippen LogP contribution in [0.3, 0.4) is 0 Å². The highest BCUT2D eigenvalue weighted by Crippen LogP contribution is 2.27. The lowest BCUT2D eigenvalue weighted by molar-refractivity contribution is 0.0690. The van der Waals surface area contributed by atoms with Gasteiger partial charge < -0.3 is 15.0 Å². The molecule has 8 heteroatoms. The van der Waals surface area contributed by atoms with Gasteiger partial charge in [-0.1, -0.05) is 13.0 Å². The molecule has 0 amide bonds. The van der Waals surface area contributed by atoms with Crippen LogP contribution in [0.5, 0.6) is 0 Å². The van der Waals surface area contributed by atoms with E-state index in [4.69, 9.17) is 0 Å².